The fourth-order valence-electron chi connectivity index (χ4n) is 0.929. The van der Waals surface area contributed by atoms with Crippen molar-refractivity contribution in [3.8, 4) is 6.07 Å². The Kier molecular flexibility index (Phi) is 3.62. The molecule has 0 aliphatic rings. The molecule has 1 heterocycles. The van der Waals surface area contributed by atoms with Crippen LogP contribution in [0.2, 0.25) is 5.02 Å². The molecule has 1 rings (SSSR count). The first-order chi connectivity index (χ1) is 6.60. The summed E-state index contributed by atoms with van der Waals surface area (Å²) in [4.78, 5) is 3.44. The molecule has 0 fully saturated rings. The van der Waals surface area contributed by atoms with Crippen molar-refractivity contribution in [3.63, 3.8) is 0 Å². The lowest BCUT2D eigenvalue weighted by Crippen LogP contribution is -2.00. The maximum absolute atomic E-state index is 12.4. The number of nitrogens with zero attached hydrogens (tertiary/aromatic N) is 2. The Morgan fingerprint density at radius 3 is 2.64 bits per heavy atom. The molecule has 0 spiro atoms. The van der Waals surface area contributed by atoms with Crippen LogP contribution in [0.3, 0.4) is 0 Å². The van der Waals surface area contributed by atoms with Crippen LogP contribution in [0.5, 0.6) is 0 Å². The van der Waals surface area contributed by atoms with Crippen molar-refractivity contribution >= 4 is 23.2 Å². The number of rotatable bonds is 2. The Hall–Kier alpha value is -0.920. The van der Waals surface area contributed by atoms with Gasteiger partial charge in [-0.05, 0) is 6.07 Å². The van der Waals surface area contributed by atoms with Crippen LogP contribution in [0.15, 0.2) is 6.07 Å². The van der Waals surface area contributed by atoms with Crippen LogP contribution in [0.25, 0.3) is 0 Å². The molecule has 74 valence electrons. The van der Waals surface area contributed by atoms with Gasteiger partial charge in [0.05, 0.1) is 5.88 Å². The predicted molar refractivity (Wildman–Crippen MR) is 48.5 cm³/mol. The fraction of sp³-hybridized carbons (Fsp3) is 0.250. The first-order valence-corrected chi connectivity index (χ1v) is 4.45. The van der Waals surface area contributed by atoms with Crippen molar-refractivity contribution in [2.45, 2.75) is 12.3 Å². The van der Waals surface area contributed by atoms with E-state index in [-0.39, 0.29) is 22.2 Å². The van der Waals surface area contributed by atoms with Gasteiger partial charge in [0.15, 0.2) is 0 Å². The van der Waals surface area contributed by atoms with E-state index < -0.39 is 12.1 Å². The second-order valence-corrected chi connectivity index (χ2v) is 3.07. The third kappa shape index (κ3) is 2.11. The first-order valence-electron chi connectivity index (χ1n) is 3.53. The van der Waals surface area contributed by atoms with Crippen molar-refractivity contribution < 1.29 is 8.78 Å². The summed E-state index contributed by atoms with van der Waals surface area (Å²) in [5, 5.41) is 8.53. The average Bonchev–Trinajstić information content (AvgIpc) is 2.16. The maximum Gasteiger partial charge on any atom is 0.280 e. The van der Waals surface area contributed by atoms with E-state index in [9.17, 15) is 8.78 Å². The van der Waals surface area contributed by atoms with Crippen LogP contribution in [0.1, 0.15) is 23.4 Å². The number of nitriles is 1. The zero-order valence-electron chi connectivity index (χ0n) is 6.77. The summed E-state index contributed by atoms with van der Waals surface area (Å²) in [7, 11) is 0. The quantitative estimate of drug-likeness (QED) is 0.740. The summed E-state index contributed by atoms with van der Waals surface area (Å²) in [5.74, 6) is -0.156. The fourth-order valence-corrected chi connectivity index (χ4v) is 1.55. The molecule has 0 saturated carbocycles. The van der Waals surface area contributed by atoms with Crippen molar-refractivity contribution in [1.82, 2.24) is 4.98 Å². The lowest BCUT2D eigenvalue weighted by atomic mass is 10.2. The summed E-state index contributed by atoms with van der Waals surface area (Å²) in [5.41, 5.74) is -0.592. The van der Waals surface area contributed by atoms with Crippen molar-refractivity contribution in [3.05, 3.63) is 28.0 Å². The molecule has 0 atom stereocenters. The topological polar surface area (TPSA) is 36.7 Å². The minimum absolute atomic E-state index is 0.0434. The molecule has 0 aromatic carbocycles. The molecule has 0 unspecified atom stereocenters. The summed E-state index contributed by atoms with van der Waals surface area (Å²) >= 11 is 11.1. The minimum atomic E-state index is -2.78. The highest BCUT2D eigenvalue weighted by atomic mass is 35.5. The number of aromatic nitrogens is 1. The van der Waals surface area contributed by atoms with E-state index in [1.165, 1.54) is 6.07 Å². The predicted octanol–water partition coefficient (Wildman–Crippen LogP) is 3.28. The normalized spacial score (nSPS) is 10.3. The van der Waals surface area contributed by atoms with E-state index in [1.54, 1.807) is 6.07 Å². The summed E-state index contributed by atoms with van der Waals surface area (Å²) in [6.07, 6.45) is -2.78. The highest BCUT2D eigenvalue weighted by Crippen LogP contribution is 2.28. The molecular formula is C8H4Cl2F2N2. The van der Waals surface area contributed by atoms with Crippen LogP contribution >= 0.6 is 23.2 Å². The molecule has 6 heteroatoms. The molecule has 1 aromatic heterocycles. The zero-order valence-corrected chi connectivity index (χ0v) is 8.28. The van der Waals surface area contributed by atoms with Gasteiger partial charge in [0.2, 0.25) is 0 Å². The molecule has 2 nitrogen and oxygen atoms in total. The van der Waals surface area contributed by atoms with Gasteiger partial charge in [-0.2, -0.15) is 5.26 Å². The van der Waals surface area contributed by atoms with Gasteiger partial charge in [0.25, 0.3) is 6.43 Å². The summed E-state index contributed by atoms with van der Waals surface area (Å²) < 4.78 is 24.8. The van der Waals surface area contributed by atoms with Gasteiger partial charge >= 0.3 is 0 Å². The van der Waals surface area contributed by atoms with E-state index in [2.05, 4.69) is 4.98 Å². The van der Waals surface area contributed by atoms with Crippen LogP contribution in [0.4, 0.5) is 8.78 Å². The van der Waals surface area contributed by atoms with Crippen LogP contribution in [-0.4, -0.2) is 4.98 Å². The number of hydrogen-bond donors (Lipinski definition) is 0. The number of alkyl halides is 3. The molecule has 0 aliphatic heterocycles. The second kappa shape index (κ2) is 4.54. The van der Waals surface area contributed by atoms with E-state index in [0.29, 0.717) is 0 Å². The first kappa shape index (κ1) is 11.2. The highest BCUT2D eigenvalue weighted by Gasteiger charge is 2.18. The smallest absolute Gasteiger partial charge is 0.236 e. The number of halogens is 4. The Bertz CT molecular complexity index is 388. The van der Waals surface area contributed by atoms with Gasteiger partial charge in [0.1, 0.15) is 17.5 Å². The van der Waals surface area contributed by atoms with Crippen molar-refractivity contribution in [2.24, 2.45) is 0 Å². The number of pyridine rings is 1. The Labute approximate surface area is 89.1 Å². The van der Waals surface area contributed by atoms with Gasteiger partial charge in [-0.25, -0.2) is 13.8 Å². The Balaban J connectivity index is 3.37. The minimum Gasteiger partial charge on any atom is -0.236 e. The largest absolute Gasteiger partial charge is 0.280 e. The van der Waals surface area contributed by atoms with Crippen LogP contribution in [0, 0.1) is 11.3 Å². The Morgan fingerprint density at radius 1 is 1.57 bits per heavy atom. The van der Waals surface area contributed by atoms with Gasteiger partial charge in [-0.3, -0.25) is 0 Å². The third-order valence-corrected chi connectivity index (χ3v) is 2.16. The molecule has 0 radical (unpaired) electrons. The van der Waals surface area contributed by atoms with Gasteiger partial charge < -0.3 is 0 Å². The lowest BCUT2D eigenvalue weighted by Gasteiger charge is -2.07. The highest BCUT2D eigenvalue weighted by molar-refractivity contribution is 6.32. The Morgan fingerprint density at radius 2 is 2.21 bits per heavy atom. The lowest BCUT2D eigenvalue weighted by molar-refractivity contribution is 0.145. The summed E-state index contributed by atoms with van der Waals surface area (Å²) in [6, 6.07) is 2.86. The van der Waals surface area contributed by atoms with E-state index in [0.717, 1.165) is 0 Å². The van der Waals surface area contributed by atoms with Gasteiger partial charge in [-0.15, -0.1) is 11.6 Å². The third-order valence-electron chi connectivity index (χ3n) is 1.56. The monoisotopic (exact) mass is 236 g/mol. The van der Waals surface area contributed by atoms with Crippen molar-refractivity contribution in [1.29, 1.82) is 5.26 Å². The zero-order chi connectivity index (χ0) is 10.7. The SMILES string of the molecule is N#Cc1cc(Cl)c(CCl)c(C(F)F)n1. The maximum atomic E-state index is 12.4. The number of hydrogen-bond acceptors (Lipinski definition) is 2. The van der Waals surface area contributed by atoms with Crippen LogP contribution in [-0.2, 0) is 5.88 Å². The van der Waals surface area contributed by atoms with E-state index in [1.807, 2.05) is 0 Å². The molecular weight excluding hydrogens is 233 g/mol. The van der Waals surface area contributed by atoms with Gasteiger partial charge in [0, 0.05) is 10.6 Å². The standard InChI is InChI=1S/C8H4Cl2F2N2/c9-2-5-6(10)1-4(3-13)14-7(5)8(11)12/h1,8H,2H2. The second-order valence-electron chi connectivity index (χ2n) is 2.40. The van der Waals surface area contributed by atoms with Crippen molar-refractivity contribution in [2.75, 3.05) is 0 Å². The molecule has 1 aromatic rings. The average molecular weight is 237 g/mol. The van der Waals surface area contributed by atoms with E-state index in [4.69, 9.17) is 28.5 Å². The molecule has 0 amide bonds. The molecule has 0 saturated heterocycles. The molecule has 0 aliphatic carbocycles. The van der Waals surface area contributed by atoms with Crippen LogP contribution < -0.4 is 0 Å². The molecule has 0 N–H and O–H groups in total. The van der Waals surface area contributed by atoms with Gasteiger partial charge in [-0.1, -0.05) is 11.6 Å². The summed E-state index contributed by atoms with van der Waals surface area (Å²) in [6.45, 7) is 0. The molecule has 14 heavy (non-hydrogen) atoms. The van der Waals surface area contributed by atoms with E-state index >= 15 is 0 Å². The molecule has 0 bridgehead atoms.